The van der Waals surface area contributed by atoms with Crippen LogP contribution in [0.5, 0.6) is 5.75 Å². The smallest absolute Gasteiger partial charge is 0.229 e. The highest BCUT2D eigenvalue weighted by Crippen LogP contribution is 2.32. The Kier molecular flexibility index (Phi) is 5.46. The van der Waals surface area contributed by atoms with Crippen molar-refractivity contribution in [3.8, 4) is 5.75 Å². The fraction of sp³-hybridized carbons (Fsp3) is 0.250. The number of nitrogens with one attached hydrogen (secondary N) is 1. The van der Waals surface area contributed by atoms with Gasteiger partial charge in [-0.3, -0.25) is 14.4 Å². The molecule has 6 nitrogen and oxygen atoms in total. The van der Waals surface area contributed by atoms with Gasteiger partial charge in [0.1, 0.15) is 5.75 Å². The van der Waals surface area contributed by atoms with E-state index in [-0.39, 0.29) is 30.6 Å². The van der Waals surface area contributed by atoms with Gasteiger partial charge in [0.2, 0.25) is 11.8 Å². The van der Waals surface area contributed by atoms with E-state index in [2.05, 4.69) is 5.32 Å². The molecule has 0 aliphatic carbocycles. The number of ether oxygens (including phenoxy) is 1. The molecule has 0 unspecified atom stereocenters. The summed E-state index contributed by atoms with van der Waals surface area (Å²) in [4.78, 5) is 38.0. The first-order valence-electron chi connectivity index (χ1n) is 8.45. The van der Waals surface area contributed by atoms with E-state index < -0.39 is 5.92 Å². The zero-order chi connectivity index (χ0) is 19.6. The first-order valence-corrected chi connectivity index (χ1v) is 8.82. The van der Waals surface area contributed by atoms with Crippen molar-refractivity contribution in [2.75, 3.05) is 23.9 Å². The van der Waals surface area contributed by atoms with Crippen molar-refractivity contribution < 1.29 is 19.1 Å². The molecule has 27 heavy (non-hydrogen) atoms. The van der Waals surface area contributed by atoms with Gasteiger partial charge in [-0.2, -0.15) is 0 Å². The molecule has 0 spiro atoms. The summed E-state index contributed by atoms with van der Waals surface area (Å²) in [5, 5.41) is 3.18. The number of methoxy groups -OCH3 is 1. The molecule has 1 saturated heterocycles. The molecule has 0 radical (unpaired) electrons. The number of amides is 2. The number of Topliss-reactive ketones (excluding diaryl/α,β-unsaturated/α-hetero) is 1. The molecule has 2 aromatic carbocycles. The van der Waals surface area contributed by atoms with Gasteiger partial charge in [0.25, 0.3) is 0 Å². The number of hydrogen-bond acceptors (Lipinski definition) is 4. The number of nitrogens with zero attached hydrogens (tertiary/aromatic N) is 1. The summed E-state index contributed by atoms with van der Waals surface area (Å²) in [7, 11) is 1.52. The topological polar surface area (TPSA) is 75.7 Å². The molecule has 1 aliphatic heterocycles. The second-order valence-corrected chi connectivity index (χ2v) is 6.76. The highest BCUT2D eigenvalue weighted by molar-refractivity contribution is 6.32. The van der Waals surface area contributed by atoms with Crippen LogP contribution in [0.4, 0.5) is 11.4 Å². The summed E-state index contributed by atoms with van der Waals surface area (Å²) < 4.78 is 5.12. The van der Waals surface area contributed by atoms with E-state index in [9.17, 15) is 14.4 Å². The van der Waals surface area contributed by atoms with Crippen LogP contribution in [0, 0.1) is 5.92 Å². The van der Waals surface area contributed by atoms with Gasteiger partial charge in [-0.05, 0) is 37.3 Å². The molecule has 0 aromatic heterocycles. The maximum atomic E-state index is 12.6. The molecule has 1 aliphatic rings. The second-order valence-electron chi connectivity index (χ2n) is 6.35. The van der Waals surface area contributed by atoms with Crippen LogP contribution in [-0.4, -0.2) is 31.3 Å². The molecule has 0 bridgehead atoms. The molecule has 7 heteroatoms. The van der Waals surface area contributed by atoms with Crippen molar-refractivity contribution in [2.24, 2.45) is 5.92 Å². The first kappa shape index (κ1) is 18.9. The molecule has 140 valence electrons. The van der Waals surface area contributed by atoms with Crippen LogP contribution in [0.25, 0.3) is 0 Å². The lowest BCUT2D eigenvalue weighted by molar-refractivity contribution is -0.122. The summed E-state index contributed by atoms with van der Waals surface area (Å²) in [5.74, 6) is -0.448. The van der Waals surface area contributed by atoms with Gasteiger partial charge < -0.3 is 15.0 Å². The summed E-state index contributed by atoms with van der Waals surface area (Å²) >= 11 is 6.13. The van der Waals surface area contributed by atoms with Crippen LogP contribution < -0.4 is 15.0 Å². The lowest BCUT2D eigenvalue weighted by atomic mass is 10.1. The van der Waals surface area contributed by atoms with Crippen molar-refractivity contribution >= 4 is 40.6 Å². The maximum absolute atomic E-state index is 12.6. The van der Waals surface area contributed by atoms with Crippen molar-refractivity contribution in [1.29, 1.82) is 0 Å². The van der Waals surface area contributed by atoms with E-state index in [4.69, 9.17) is 16.3 Å². The summed E-state index contributed by atoms with van der Waals surface area (Å²) in [5.41, 5.74) is 1.68. The molecule has 3 rings (SSSR count). The van der Waals surface area contributed by atoms with E-state index in [0.717, 1.165) is 0 Å². The van der Waals surface area contributed by atoms with Crippen molar-refractivity contribution in [2.45, 2.75) is 13.3 Å². The Balaban J connectivity index is 1.71. The third-order valence-electron chi connectivity index (χ3n) is 4.48. The fourth-order valence-corrected chi connectivity index (χ4v) is 3.27. The van der Waals surface area contributed by atoms with Crippen LogP contribution in [-0.2, 0) is 9.59 Å². The third kappa shape index (κ3) is 4.11. The first-order chi connectivity index (χ1) is 12.9. The minimum atomic E-state index is -0.487. The van der Waals surface area contributed by atoms with Crippen LogP contribution >= 0.6 is 11.6 Å². The highest BCUT2D eigenvalue weighted by atomic mass is 35.5. The quantitative estimate of drug-likeness (QED) is 0.797. The SMILES string of the molecule is COc1ccc(N2C[C@@H](C(=O)Nc3cccc(C(C)=O)c3)CC2=O)cc1Cl. The van der Waals surface area contributed by atoms with Crippen molar-refractivity contribution in [1.82, 2.24) is 0 Å². The summed E-state index contributed by atoms with van der Waals surface area (Å²) in [6.45, 7) is 1.73. The molecule has 1 atom stereocenters. The fourth-order valence-electron chi connectivity index (χ4n) is 3.02. The van der Waals surface area contributed by atoms with Crippen molar-refractivity contribution in [3.05, 3.63) is 53.1 Å². The molecule has 0 saturated carbocycles. The average Bonchev–Trinajstić information content (AvgIpc) is 3.03. The van der Waals surface area contributed by atoms with Gasteiger partial charge in [0.05, 0.1) is 18.1 Å². The van der Waals surface area contributed by atoms with Gasteiger partial charge in [0.15, 0.2) is 5.78 Å². The van der Waals surface area contributed by atoms with Crippen LogP contribution in [0.3, 0.4) is 0 Å². The highest BCUT2D eigenvalue weighted by Gasteiger charge is 2.35. The van der Waals surface area contributed by atoms with E-state index in [1.165, 1.54) is 14.0 Å². The molecule has 1 N–H and O–H groups in total. The standard InChI is InChI=1S/C20H19ClN2O4/c1-12(24)13-4-3-5-15(8-13)22-20(26)14-9-19(25)23(11-14)16-6-7-18(27-2)17(21)10-16/h3-8,10,14H,9,11H2,1-2H3,(H,22,26)/t14-/m0/s1. The summed E-state index contributed by atoms with van der Waals surface area (Å²) in [6, 6.07) is 11.8. The molecular formula is C20H19ClN2O4. The van der Waals surface area contributed by atoms with Crippen LogP contribution in [0.1, 0.15) is 23.7 Å². The maximum Gasteiger partial charge on any atom is 0.229 e. The number of carbonyl (C=O) groups is 3. The predicted molar refractivity (Wildman–Crippen MR) is 104 cm³/mol. The van der Waals surface area contributed by atoms with E-state index >= 15 is 0 Å². The molecule has 1 fully saturated rings. The van der Waals surface area contributed by atoms with Gasteiger partial charge in [0, 0.05) is 29.9 Å². The van der Waals surface area contributed by atoms with E-state index in [0.29, 0.717) is 27.7 Å². The number of ketones is 1. The molecule has 2 aromatic rings. The third-order valence-corrected chi connectivity index (χ3v) is 4.77. The molecule has 2 amide bonds. The number of halogens is 1. The average molecular weight is 387 g/mol. The van der Waals surface area contributed by atoms with Gasteiger partial charge in [-0.25, -0.2) is 0 Å². The monoisotopic (exact) mass is 386 g/mol. The minimum absolute atomic E-state index is 0.0790. The Morgan fingerprint density at radius 1 is 1.22 bits per heavy atom. The van der Waals surface area contributed by atoms with Crippen LogP contribution in [0.2, 0.25) is 5.02 Å². The number of rotatable bonds is 5. The number of carbonyl (C=O) groups excluding carboxylic acids is 3. The normalized spacial score (nSPS) is 16.3. The molecule has 1 heterocycles. The number of hydrogen-bond donors (Lipinski definition) is 1. The number of benzene rings is 2. The second kappa shape index (κ2) is 7.80. The zero-order valence-corrected chi connectivity index (χ0v) is 15.7. The Hall–Kier alpha value is -2.86. The lowest BCUT2D eigenvalue weighted by Crippen LogP contribution is -2.28. The van der Waals surface area contributed by atoms with Crippen LogP contribution in [0.15, 0.2) is 42.5 Å². The number of anilines is 2. The van der Waals surface area contributed by atoms with Gasteiger partial charge >= 0.3 is 0 Å². The van der Waals surface area contributed by atoms with E-state index in [1.807, 2.05) is 0 Å². The molecular weight excluding hydrogens is 368 g/mol. The lowest BCUT2D eigenvalue weighted by Gasteiger charge is -2.18. The largest absolute Gasteiger partial charge is 0.495 e. The summed E-state index contributed by atoms with van der Waals surface area (Å²) in [6.07, 6.45) is 0.113. The van der Waals surface area contributed by atoms with E-state index in [1.54, 1.807) is 47.4 Å². The predicted octanol–water partition coefficient (Wildman–Crippen LogP) is 3.54. The Bertz CT molecular complexity index is 913. The Morgan fingerprint density at radius 3 is 2.67 bits per heavy atom. The Morgan fingerprint density at radius 2 is 2.00 bits per heavy atom. The van der Waals surface area contributed by atoms with Gasteiger partial charge in [-0.1, -0.05) is 23.7 Å². The van der Waals surface area contributed by atoms with Gasteiger partial charge in [-0.15, -0.1) is 0 Å². The minimum Gasteiger partial charge on any atom is -0.495 e. The Labute approximate surface area is 162 Å². The zero-order valence-electron chi connectivity index (χ0n) is 15.0. The van der Waals surface area contributed by atoms with Crippen molar-refractivity contribution in [3.63, 3.8) is 0 Å².